The van der Waals surface area contributed by atoms with E-state index >= 15 is 0 Å². The number of ether oxygens (including phenoxy) is 1. The molecule has 0 bridgehead atoms. The van der Waals surface area contributed by atoms with Crippen molar-refractivity contribution in [2.24, 2.45) is 0 Å². The maximum atomic E-state index is 9.94. The van der Waals surface area contributed by atoms with Gasteiger partial charge < -0.3 is 15.6 Å². The van der Waals surface area contributed by atoms with Crippen LogP contribution in [0.5, 0.6) is 5.75 Å². The lowest BCUT2D eigenvalue weighted by molar-refractivity contribution is 0.0887. The largest absolute Gasteiger partial charge is 0.491 e. The first kappa shape index (κ1) is 13.4. The van der Waals surface area contributed by atoms with Crippen molar-refractivity contribution in [2.45, 2.75) is 26.5 Å². The Kier molecular flexibility index (Phi) is 4.06. The summed E-state index contributed by atoms with van der Waals surface area (Å²) in [5.41, 5.74) is 8.26. The molecule has 5 heteroatoms. The molecule has 0 aliphatic rings. The molecule has 0 spiro atoms. The van der Waals surface area contributed by atoms with E-state index in [1.807, 2.05) is 19.9 Å². The Hall–Kier alpha value is -2.01. The van der Waals surface area contributed by atoms with Crippen LogP contribution in [0.15, 0.2) is 30.3 Å². The van der Waals surface area contributed by atoms with Crippen LogP contribution in [0.25, 0.3) is 0 Å². The maximum absolute atomic E-state index is 9.94. The zero-order chi connectivity index (χ0) is 13.8. The molecule has 102 valence electrons. The Morgan fingerprint density at radius 2 is 2.00 bits per heavy atom. The fourth-order valence-electron chi connectivity index (χ4n) is 1.87. The van der Waals surface area contributed by atoms with Crippen molar-refractivity contribution in [2.75, 3.05) is 12.3 Å². The molecule has 0 fully saturated rings. The molecule has 0 aliphatic heterocycles. The summed E-state index contributed by atoms with van der Waals surface area (Å²) in [4.78, 5) is 0. The molecule has 1 unspecified atom stereocenters. The minimum Gasteiger partial charge on any atom is -0.491 e. The van der Waals surface area contributed by atoms with Gasteiger partial charge in [-0.3, -0.25) is 4.68 Å². The number of hydrogen-bond acceptors (Lipinski definition) is 4. The smallest absolute Gasteiger partial charge is 0.119 e. The second kappa shape index (κ2) is 5.75. The van der Waals surface area contributed by atoms with Gasteiger partial charge in [-0.2, -0.15) is 5.10 Å². The number of anilines is 1. The molecule has 19 heavy (non-hydrogen) atoms. The zero-order valence-corrected chi connectivity index (χ0v) is 11.2. The van der Waals surface area contributed by atoms with E-state index in [-0.39, 0.29) is 6.61 Å². The van der Waals surface area contributed by atoms with Gasteiger partial charge in [0.1, 0.15) is 18.5 Å². The third-order valence-corrected chi connectivity index (χ3v) is 2.81. The van der Waals surface area contributed by atoms with Crippen molar-refractivity contribution in [3.63, 3.8) is 0 Å². The molecule has 0 radical (unpaired) electrons. The number of nitrogens with two attached hydrogens (primary N) is 1. The van der Waals surface area contributed by atoms with Crippen LogP contribution < -0.4 is 10.5 Å². The summed E-state index contributed by atoms with van der Waals surface area (Å²) in [7, 11) is 0. The topological polar surface area (TPSA) is 73.3 Å². The summed E-state index contributed by atoms with van der Waals surface area (Å²) in [6.07, 6.45) is -0.601. The van der Waals surface area contributed by atoms with Crippen LogP contribution in [0.3, 0.4) is 0 Å². The van der Waals surface area contributed by atoms with E-state index in [0.29, 0.717) is 18.0 Å². The van der Waals surface area contributed by atoms with E-state index in [2.05, 4.69) is 5.10 Å². The van der Waals surface area contributed by atoms with Crippen molar-refractivity contribution in [3.8, 4) is 5.75 Å². The van der Waals surface area contributed by atoms with Crippen LogP contribution in [0.1, 0.15) is 11.4 Å². The van der Waals surface area contributed by atoms with Crippen molar-refractivity contribution in [3.05, 3.63) is 41.7 Å². The fourth-order valence-corrected chi connectivity index (χ4v) is 1.87. The van der Waals surface area contributed by atoms with Gasteiger partial charge in [0.2, 0.25) is 0 Å². The normalized spacial score (nSPS) is 12.4. The second-order valence-electron chi connectivity index (χ2n) is 4.64. The molecular weight excluding hydrogens is 242 g/mol. The Balaban J connectivity index is 1.86. The van der Waals surface area contributed by atoms with E-state index in [4.69, 9.17) is 10.5 Å². The Labute approximate surface area is 112 Å². The van der Waals surface area contributed by atoms with Gasteiger partial charge in [-0.25, -0.2) is 0 Å². The van der Waals surface area contributed by atoms with Crippen LogP contribution in [-0.2, 0) is 6.54 Å². The van der Waals surface area contributed by atoms with Gasteiger partial charge >= 0.3 is 0 Å². The highest BCUT2D eigenvalue weighted by atomic mass is 16.5. The van der Waals surface area contributed by atoms with Gasteiger partial charge in [-0.15, -0.1) is 0 Å². The number of aliphatic hydroxyl groups is 1. The SMILES string of the molecule is Cc1cc(C)n(CC(O)COc2ccc(N)cc2)n1. The van der Waals surface area contributed by atoms with E-state index in [9.17, 15) is 5.11 Å². The molecular formula is C14H19N3O2. The van der Waals surface area contributed by atoms with Crippen molar-refractivity contribution >= 4 is 5.69 Å². The number of aryl methyl sites for hydroxylation is 2. The molecule has 1 atom stereocenters. The maximum Gasteiger partial charge on any atom is 0.119 e. The summed E-state index contributed by atoms with van der Waals surface area (Å²) in [6.45, 7) is 4.55. The Morgan fingerprint density at radius 3 is 2.58 bits per heavy atom. The third-order valence-electron chi connectivity index (χ3n) is 2.81. The molecule has 2 aromatic rings. The van der Waals surface area contributed by atoms with Crippen LogP contribution in [0.2, 0.25) is 0 Å². The highest BCUT2D eigenvalue weighted by Crippen LogP contribution is 2.13. The molecule has 0 amide bonds. The van der Waals surface area contributed by atoms with Gasteiger partial charge in [-0.05, 0) is 44.2 Å². The molecule has 1 heterocycles. The minimum atomic E-state index is -0.601. The average molecular weight is 261 g/mol. The number of nitrogens with zero attached hydrogens (tertiary/aromatic N) is 2. The van der Waals surface area contributed by atoms with E-state index < -0.39 is 6.10 Å². The fraction of sp³-hybridized carbons (Fsp3) is 0.357. The standard InChI is InChI=1S/C14H19N3O2/c1-10-7-11(2)17(16-10)8-13(18)9-19-14-5-3-12(15)4-6-14/h3-7,13,18H,8-9,15H2,1-2H3. The van der Waals surface area contributed by atoms with Crippen molar-refractivity contribution in [1.29, 1.82) is 0 Å². The van der Waals surface area contributed by atoms with E-state index in [1.54, 1.807) is 28.9 Å². The number of benzene rings is 1. The number of hydrogen-bond donors (Lipinski definition) is 2. The second-order valence-corrected chi connectivity index (χ2v) is 4.64. The van der Waals surface area contributed by atoms with Crippen LogP contribution in [-0.4, -0.2) is 27.6 Å². The molecule has 0 saturated heterocycles. The third kappa shape index (κ3) is 3.72. The quantitative estimate of drug-likeness (QED) is 0.800. The lowest BCUT2D eigenvalue weighted by Gasteiger charge is -2.13. The summed E-state index contributed by atoms with van der Waals surface area (Å²) in [6, 6.07) is 9.08. The number of aromatic nitrogens is 2. The van der Waals surface area contributed by atoms with E-state index in [1.165, 1.54) is 0 Å². The molecule has 5 nitrogen and oxygen atoms in total. The monoisotopic (exact) mass is 261 g/mol. The van der Waals surface area contributed by atoms with Gasteiger partial charge in [0.15, 0.2) is 0 Å². The average Bonchev–Trinajstić information content (AvgIpc) is 2.67. The first-order chi connectivity index (χ1) is 9.04. The highest BCUT2D eigenvalue weighted by Gasteiger charge is 2.09. The number of rotatable bonds is 5. The minimum absolute atomic E-state index is 0.224. The molecule has 0 aliphatic carbocycles. The molecule has 1 aromatic heterocycles. The van der Waals surface area contributed by atoms with Crippen molar-refractivity contribution < 1.29 is 9.84 Å². The number of nitrogen functional groups attached to an aromatic ring is 1. The first-order valence-corrected chi connectivity index (χ1v) is 6.22. The summed E-state index contributed by atoms with van der Waals surface area (Å²) < 4.78 is 7.28. The van der Waals surface area contributed by atoms with Gasteiger partial charge in [0.25, 0.3) is 0 Å². The Morgan fingerprint density at radius 1 is 1.32 bits per heavy atom. The first-order valence-electron chi connectivity index (χ1n) is 6.22. The molecule has 3 N–H and O–H groups in total. The van der Waals surface area contributed by atoms with Crippen molar-refractivity contribution in [1.82, 2.24) is 9.78 Å². The lowest BCUT2D eigenvalue weighted by atomic mass is 10.3. The zero-order valence-electron chi connectivity index (χ0n) is 11.2. The summed E-state index contributed by atoms with van der Waals surface area (Å²) >= 11 is 0. The molecule has 2 rings (SSSR count). The van der Waals surface area contributed by atoms with Crippen LogP contribution in [0, 0.1) is 13.8 Å². The van der Waals surface area contributed by atoms with Crippen LogP contribution in [0.4, 0.5) is 5.69 Å². The van der Waals surface area contributed by atoms with Gasteiger partial charge in [0.05, 0.1) is 12.2 Å². The predicted octanol–water partition coefficient (Wildman–Crippen LogP) is 1.52. The summed E-state index contributed by atoms with van der Waals surface area (Å²) in [5, 5.41) is 14.2. The van der Waals surface area contributed by atoms with Crippen LogP contribution >= 0.6 is 0 Å². The summed E-state index contributed by atoms with van der Waals surface area (Å²) in [5.74, 6) is 0.696. The molecule has 0 saturated carbocycles. The van der Waals surface area contributed by atoms with Gasteiger partial charge in [-0.1, -0.05) is 0 Å². The van der Waals surface area contributed by atoms with Gasteiger partial charge in [0, 0.05) is 11.4 Å². The Bertz CT molecular complexity index is 534. The van der Waals surface area contributed by atoms with E-state index in [0.717, 1.165) is 11.4 Å². The molecule has 1 aromatic carbocycles. The highest BCUT2D eigenvalue weighted by molar-refractivity contribution is 5.41. The number of aliphatic hydroxyl groups excluding tert-OH is 1. The predicted molar refractivity (Wildman–Crippen MR) is 74.1 cm³/mol. The lowest BCUT2D eigenvalue weighted by Crippen LogP contribution is -2.24.